The minimum atomic E-state index is -0.759. The highest BCUT2D eigenvalue weighted by atomic mass is 19.1. The molecule has 0 radical (unpaired) electrons. The number of allylic oxidation sites excluding steroid dienone is 3. The van der Waals surface area contributed by atoms with Gasteiger partial charge < -0.3 is 29.7 Å². The van der Waals surface area contributed by atoms with Crippen LogP contribution in [0.25, 0.3) is 10.9 Å². The zero-order valence-corrected chi connectivity index (χ0v) is 26.1. The van der Waals surface area contributed by atoms with Crippen molar-refractivity contribution in [2.45, 2.75) is 32.6 Å². The van der Waals surface area contributed by atoms with Gasteiger partial charge in [-0.05, 0) is 76.0 Å². The molecule has 10 heteroatoms. The van der Waals surface area contributed by atoms with Crippen LogP contribution in [0.5, 0.6) is 17.2 Å². The molecule has 0 atom stereocenters. The summed E-state index contributed by atoms with van der Waals surface area (Å²) in [4.78, 5) is 31.3. The van der Waals surface area contributed by atoms with Crippen LogP contribution >= 0.6 is 0 Å². The summed E-state index contributed by atoms with van der Waals surface area (Å²) in [6.07, 6.45) is 6.47. The van der Waals surface area contributed by atoms with Crippen LogP contribution < -0.4 is 24.8 Å². The molecule has 3 aromatic rings. The predicted molar refractivity (Wildman–Crippen MR) is 173 cm³/mol. The summed E-state index contributed by atoms with van der Waals surface area (Å²) in [5.41, 5.74) is 1.66. The zero-order valence-electron chi connectivity index (χ0n) is 26.1. The van der Waals surface area contributed by atoms with Crippen LogP contribution in [0, 0.1) is 5.92 Å². The maximum atomic E-state index is 15.3. The van der Waals surface area contributed by atoms with Crippen LogP contribution in [0.1, 0.15) is 31.7 Å². The van der Waals surface area contributed by atoms with Gasteiger partial charge in [-0.1, -0.05) is 36.9 Å². The number of carbonyl (C=O) groups excluding carboxylic acids is 2. The van der Waals surface area contributed by atoms with Crippen molar-refractivity contribution in [2.75, 3.05) is 40.4 Å². The zero-order chi connectivity index (χ0) is 32.2. The van der Waals surface area contributed by atoms with Gasteiger partial charge >= 0.3 is 0 Å². The number of rotatable bonds is 14. The highest BCUT2D eigenvalue weighted by Crippen LogP contribution is 2.37. The van der Waals surface area contributed by atoms with Gasteiger partial charge in [-0.15, -0.1) is 0 Å². The third-order valence-electron chi connectivity index (χ3n) is 7.52. The van der Waals surface area contributed by atoms with Crippen molar-refractivity contribution in [2.24, 2.45) is 5.92 Å². The topological polar surface area (TPSA) is 102 Å². The van der Waals surface area contributed by atoms with Crippen molar-refractivity contribution >= 4 is 22.7 Å². The first-order chi connectivity index (χ1) is 21.7. The van der Waals surface area contributed by atoms with Crippen molar-refractivity contribution in [1.29, 1.82) is 0 Å². The van der Waals surface area contributed by atoms with Gasteiger partial charge in [-0.25, -0.2) is 4.39 Å². The van der Waals surface area contributed by atoms with E-state index in [0.29, 0.717) is 53.6 Å². The number of ether oxygens (including phenoxy) is 3. The van der Waals surface area contributed by atoms with Gasteiger partial charge in [0.1, 0.15) is 12.2 Å². The number of carbonyl (C=O) groups is 2. The van der Waals surface area contributed by atoms with Gasteiger partial charge in [0.2, 0.25) is 11.8 Å². The number of likely N-dealkylation sites (tertiary alicyclic amines) is 1. The Bertz CT molecular complexity index is 1550. The van der Waals surface area contributed by atoms with Crippen molar-refractivity contribution in [1.82, 2.24) is 20.5 Å². The number of nitrogens with one attached hydrogen (secondary N) is 2. The molecular weight excluding hydrogens is 575 g/mol. The maximum absolute atomic E-state index is 15.3. The van der Waals surface area contributed by atoms with E-state index in [4.69, 9.17) is 14.2 Å². The Kier molecular flexibility index (Phi) is 12.1. The number of nitrogens with zero attached hydrogens (tertiary/aromatic N) is 2. The number of hydrogen-bond acceptors (Lipinski definition) is 7. The molecule has 1 aliphatic rings. The first-order valence-corrected chi connectivity index (χ1v) is 15.0. The molecule has 1 saturated heterocycles. The molecule has 238 valence electrons. The van der Waals surface area contributed by atoms with E-state index in [1.807, 2.05) is 30.3 Å². The summed E-state index contributed by atoms with van der Waals surface area (Å²) in [5, 5.41) is 5.76. The lowest BCUT2D eigenvalue weighted by Gasteiger charge is -2.28. The van der Waals surface area contributed by atoms with Crippen LogP contribution in [0.2, 0.25) is 0 Å². The summed E-state index contributed by atoms with van der Waals surface area (Å²) in [7, 11) is 3.69. The lowest BCUT2D eigenvalue weighted by Crippen LogP contribution is -2.32. The maximum Gasteiger partial charge on any atom is 0.233 e. The molecule has 0 saturated carbocycles. The van der Waals surface area contributed by atoms with E-state index in [2.05, 4.69) is 34.1 Å². The van der Waals surface area contributed by atoms with Gasteiger partial charge in [0.05, 0.1) is 19.2 Å². The van der Waals surface area contributed by atoms with E-state index in [9.17, 15) is 9.59 Å². The second kappa shape index (κ2) is 16.4. The Hall–Kier alpha value is -4.70. The van der Waals surface area contributed by atoms with E-state index in [1.54, 1.807) is 38.4 Å². The number of aromatic nitrogens is 1. The van der Waals surface area contributed by atoms with E-state index >= 15 is 4.39 Å². The standard InChI is InChI=1S/C35H41FN4O5/c1-5-30(28(36)19-24(2)39-35(42)22-34(41)38-15-11-25-9-7-6-8-10-25)45-31-12-16-37-29-21-33(32(43-4)20-27(29)31)44-23-26-13-17-40(3)18-14-26/h5-10,12,16,19-21,26H,2,11,13-15,17-18,22-23H2,1,3-4H3,(H,38,41)(H,39,42)/b28-19+,30-5+. The molecule has 0 aliphatic carbocycles. The van der Waals surface area contributed by atoms with E-state index in [1.165, 1.54) is 6.08 Å². The third-order valence-corrected chi connectivity index (χ3v) is 7.52. The Morgan fingerprint density at radius 1 is 1.09 bits per heavy atom. The summed E-state index contributed by atoms with van der Waals surface area (Å²) in [5.74, 6) is 0.0490. The van der Waals surface area contributed by atoms with E-state index < -0.39 is 24.1 Å². The number of pyridine rings is 1. The molecule has 9 nitrogen and oxygen atoms in total. The molecule has 2 heterocycles. The number of amides is 2. The predicted octanol–water partition coefficient (Wildman–Crippen LogP) is 5.48. The first-order valence-electron chi connectivity index (χ1n) is 15.0. The Morgan fingerprint density at radius 2 is 1.84 bits per heavy atom. The minimum Gasteiger partial charge on any atom is -0.493 e. The minimum absolute atomic E-state index is 0.0230. The van der Waals surface area contributed by atoms with Gasteiger partial charge in [0.25, 0.3) is 0 Å². The van der Waals surface area contributed by atoms with Crippen LogP contribution in [0.3, 0.4) is 0 Å². The highest BCUT2D eigenvalue weighted by Gasteiger charge is 2.19. The molecule has 1 aromatic heterocycles. The first kappa shape index (κ1) is 33.2. The summed E-state index contributed by atoms with van der Waals surface area (Å²) in [6, 6.07) is 14.9. The van der Waals surface area contributed by atoms with Gasteiger partial charge in [-0.2, -0.15) is 0 Å². The number of benzene rings is 2. The fraction of sp³-hybridized carbons (Fsp3) is 0.343. The Labute approximate surface area is 263 Å². The summed E-state index contributed by atoms with van der Waals surface area (Å²) >= 11 is 0. The lowest BCUT2D eigenvalue weighted by atomic mass is 9.98. The van der Waals surface area contributed by atoms with Gasteiger partial charge in [0.15, 0.2) is 23.1 Å². The Balaban J connectivity index is 1.34. The number of fused-ring (bicyclic) bond motifs is 1. The molecule has 2 aromatic carbocycles. The number of piperidine rings is 1. The SMILES string of the molecule is C=C(/C=C(F)\C(=C/C)Oc1ccnc2cc(OCC3CCN(C)CC3)c(OC)cc12)NC(=O)CC(=O)NCCc1ccccc1. The van der Waals surface area contributed by atoms with E-state index in [0.717, 1.165) is 37.6 Å². The quantitative estimate of drug-likeness (QED) is 0.141. The van der Waals surface area contributed by atoms with Crippen LogP contribution in [0.4, 0.5) is 4.39 Å². The van der Waals surface area contributed by atoms with Crippen LogP contribution in [0.15, 0.2) is 90.7 Å². The molecule has 1 fully saturated rings. The molecule has 0 spiro atoms. The molecule has 1 aliphatic heterocycles. The monoisotopic (exact) mass is 616 g/mol. The fourth-order valence-electron chi connectivity index (χ4n) is 4.97. The molecule has 4 rings (SSSR count). The fourth-order valence-corrected chi connectivity index (χ4v) is 4.97. The second-order valence-electron chi connectivity index (χ2n) is 11.0. The molecule has 2 N–H and O–H groups in total. The van der Waals surface area contributed by atoms with E-state index in [-0.39, 0.29) is 11.5 Å². The Morgan fingerprint density at radius 3 is 2.56 bits per heavy atom. The normalized spacial score (nSPS) is 14.6. The molecule has 0 unspecified atom stereocenters. The largest absolute Gasteiger partial charge is 0.493 e. The summed E-state index contributed by atoms with van der Waals surface area (Å²) in [6.45, 7) is 8.42. The van der Waals surface area contributed by atoms with Crippen LogP contribution in [-0.2, 0) is 16.0 Å². The number of hydrogen-bond donors (Lipinski definition) is 2. The second-order valence-corrected chi connectivity index (χ2v) is 11.0. The molecular formula is C35H41FN4O5. The average Bonchev–Trinajstić information content (AvgIpc) is 3.03. The van der Waals surface area contributed by atoms with Gasteiger partial charge in [-0.3, -0.25) is 14.6 Å². The molecule has 2 amide bonds. The van der Waals surface area contributed by atoms with Crippen molar-refractivity contribution in [3.63, 3.8) is 0 Å². The smallest absolute Gasteiger partial charge is 0.233 e. The average molecular weight is 617 g/mol. The van der Waals surface area contributed by atoms with Crippen molar-refractivity contribution in [3.05, 3.63) is 96.3 Å². The van der Waals surface area contributed by atoms with Crippen molar-refractivity contribution in [3.8, 4) is 17.2 Å². The highest BCUT2D eigenvalue weighted by molar-refractivity contribution is 5.97. The summed E-state index contributed by atoms with van der Waals surface area (Å²) < 4.78 is 33.0. The number of halogens is 1. The third kappa shape index (κ3) is 9.90. The number of methoxy groups -OCH3 is 1. The lowest BCUT2D eigenvalue weighted by molar-refractivity contribution is -0.128. The molecule has 0 bridgehead atoms. The van der Waals surface area contributed by atoms with Crippen molar-refractivity contribution < 1.29 is 28.2 Å². The molecule has 45 heavy (non-hydrogen) atoms. The van der Waals surface area contributed by atoms with Crippen LogP contribution in [-0.4, -0.2) is 62.1 Å². The van der Waals surface area contributed by atoms with Gasteiger partial charge in [0, 0.05) is 36.0 Å².